The van der Waals surface area contributed by atoms with Crippen molar-refractivity contribution in [2.24, 2.45) is 5.10 Å². The van der Waals surface area contributed by atoms with Crippen LogP contribution in [0.15, 0.2) is 38.3 Å². The fraction of sp³-hybridized carbons (Fsp3) is 0.0714. The monoisotopic (exact) mass is 488 g/mol. The van der Waals surface area contributed by atoms with E-state index in [-0.39, 0.29) is 22.7 Å². The van der Waals surface area contributed by atoms with Crippen LogP contribution in [0, 0.1) is 20.2 Å². The van der Waals surface area contributed by atoms with E-state index in [1.165, 1.54) is 19.4 Å². The van der Waals surface area contributed by atoms with Gasteiger partial charge in [0.25, 0.3) is 5.69 Å². The van der Waals surface area contributed by atoms with Gasteiger partial charge in [-0.1, -0.05) is 0 Å². The molecule has 2 N–H and O–H groups in total. The molecule has 0 bridgehead atoms. The second-order valence-electron chi connectivity index (χ2n) is 4.72. The van der Waals surface area contributed by atoms with Gasteiger partial charge in [-0.25, -0.2) is 0 Å². The first-order chi connectivity index (χ1) is 12.3. The minimum atomic E-state index is -0.764. The SMILES string of the molecule is COc1cc(Br)c(Br)c(/C=N/Nc2ccc([N+](=O)[O-])cc2[N+](=O)[O-])c1O. The van der Waals surface area contributed by atoms with Crippen LogP contribution in [0.1, 0.15) is 5.56 Å². The Morgan fingerprint density at radius 1 is 1.23 bits per heavy atom. The van der Waals surface area contributed by atoms with Crippen LogP contribution in [0.5, 0.6) is 11.5 Å². The first-order valence-electron chi connectivity index (χ1n) is 6.73. The number of halogens is 2. The highest BCUT2D eigenvalue weighted by Crippen LogP contribution is 2.39. The third kappa shape index (κ3) is 4.08. The number of rotatable bonds is 6. The van der Waals surface area contributed by atoms with Crippen LogP contribution < -0.4 is 10.2 Å². The summed E-state index contributed by atoms with van der Waals surface area (Å²) in [6.07, 6.45) is 1.22. The zero-order valence-electron chi connectivity index (χ0n) is 13.0. The lowest BCUT2D eigenvalue weighted by Crippen LogP contribution is -1.99. The van der Waals surface area contributed by atoms with Gasteiger partial charge in [0, 0.05) is 15.0 Å². The van der Waals surface area contributed by atoms with Gasteiger partial charge < -0.3 is 9.84 Å². The summed E-state index contributed by atoms with van der Waals surface area (Å²) in [6.45, 7) is 0. The number of hydrazone groups is 1. The maximum absolute atomic E-state index is 11.1. The molecule has 0 heterocycles. The van der Waals surface area contributed by atoms with Crippen molar-refractivity contribution in [3.8, 4) is 11.5 Å². The maximum Gasteiger partial charge on any atom is 0.301 e. The molecule has 0 fully saturated rings. The van der Waals surface area contributed by atoms with Crippen LogP contribution in [-0.4, -0.2) is 28.3 Å². The zero-order chi connectivity index (χ0) is 19.4. The normalized spacial score (nSPS) is 10.7. The van der Waals surface area contributed by atoms with Crippen molar-refractivity contribution in [1.29, 1.82) is 0 Å². The number of nitrogens with one attached hydrogen (secondary N) is 1. The highest BCUT2D eigenvalue weighted by atomic mass is 79.9. The molecule has 0 aromatic heterocycles. The number of phenolic OH excluding ortho intramolecular Hbond substituents is 1. The van der Waals surface area contributed by atoms with Crippen LogP contribution in [-0.2, 0) is 0 Å². The van der Waals surface area contributed by atoms with Gasteiger partial charge in [-0.3, -0.25) is 25.7 Å². The minimum absolute atomic E-state index is 0.0468. The van der Waals surface area contributed by atoms with Gasteiger partial charge in [0.2, 0.25) is 0 Å². The molecule has 0 aliphatic heterocycles. The Kier molecular flexibility index (Phi) is 6.10. The number of nitrogens with zero attached hydrogens (tertiary/aromatic N) is 3. The Morgan fingerprint density at radius 2 is 1.92 bits per heavy atom. The molecule has 2 rings (SSSR count). The van der Waals surface area contributed by atoms with E-state index in [1.54, 1.807) is 6.07 Å². The highest BCUT2D eigenvalue weighted by molar-refractivity contribution is 9.13. The van der Waals surface area contributed by atoms with E-state index in [4.69, 9.17) is 4.74 Å². The van der Waals surface area contributed by atoms with Crippen LogP contribution in [0.3, 0.4) is 0 Å². The fourth-order valence-electron chi connectivity index (χ4n) is 1.93. The average molecular weight is 490 g/mol. The lowest BCUT2D eigenvalue weighted by Gasteiger charge is -2.09. The molecule has 10 nitrogen and oxygen atoms in total. The Hall–Kier alpha value is -2.73. The molecule has 0 atom stereocenters. The number of nitro groups is 2. The quantitative estimate of drug-likeness (QED) is 0.352. The number of hydrogen-bond donors (Lipinski definition) is 2. The van der Waals surface area contributed by atoms with Crippen molar-refractivity contribution >= 4 is 55.1 Å². The van der Waals surface area contributed by atoms with Crippen molar-refractivity contribution < 1.29 is 19.7 Å². The number of nitro benzene ring substituents is 2. The van der Waals surface area contributed by atoms with E-state index in [9.17, 15) is 25.3 Å². The molecular formula is C14H10Br2N4O6. The van der Waals surface area contributed by atoms with E-state index in [2.05, 4.69) is 42.4 Å². The van der Waals surface area contributed by atoms with Crippen molar-refractivity contribution in [3.05, 3.63) is 59.0 Å². The van der Waals surface area contributed by atoms with Crippen LogP contribution in [0.4, 0.5) is 17.1 Å². The lowest BCUT2D eigenvalue weighted by molar-refractivity contribution is -0.393. The second-order valence-corrected chi connectivity index (χ2v) is 6.37. The van der Waals surface area contributed by atoms with Crippen molar-refractivity contribution in [1.82, 2.24) is 0 Å². The van der Waals surface area contributed by atoms with Gasteiger partial charge in [-0.2, -0.15) is 5.10 Å². The summed E-state index contributed by atoms with van der Waals surface area (Å²) in [7, 11) is 1.38. The summed E-state index contributed by atoms with van der Waals surface area (Å²) in [6, 6.07) is 4.66. The fourth-order valence-corrected chi connectivity index (χ4v) is 2.76. The number of ether oxygens (including phenoxy) is 1. The number of phenols is 1. The molecule has 0 aliphatic carbocycles. The van der Waals surface area contributed by atoms with E-state index in [1.807, 2.05) is 0 Å². The third-order valence-electron chi connectivity index (χ3n) is 3.18. The Balaban J connectivity index is 2.36. The number of anilines is 1. The molecule has 0 radical (unpaired) electrons. The van der Waals surface area contributed by atoms with Gasteiger partial charge in [0.1, 0.15) is 5.69 Å². The van der Waals surface area contributed by atoms with Crippen molar-refractivity contribution in [3.63, 3.8) is 0 Å². The van der Waals surface area contributed by atoms with Gasteiger partial charge in [-0.05, 0) is 44.0 Å². The molecule has 0 saturated heterocycles. The first kappa shape index (κ1) is 19.6. The van der Waals surface area contributed by atoms with E-state index in [0.29, 0.717) is 8.95 Å². The summed E-state index contributed by atoms with van der Waals surface area (Å²) in [4.78, 5) is 20.3. The number of hydrogen-bond acceptors (Lipinski definition) is 8. The van der Waals surface area contributed by atoms with Crippen LogP contribution >= 0.6 is 31.9 Å². The van der Waals surface area contributed by atoms with E-state index < -0.39 is 21.2 Å². The number of aromatic hydroxyl groups is 1. The summed E-state index contributed by atoms with van der Waals surface area (Å²) in [5.41, 5.74) is 1.73. The number of non-ortho nitro benzene ring substituents is 1. The first-order valence-corrected chi connectivity index (χ1v) is 8.31. The maximum atomic E-state index is 11.1. The Labute approximate surface area is 163 Å². The average Bonchev–Trinajstić information content (AvgIpc) is 2.60. The predicted octanol–water partition coefficient (Wildman–Crippen LogP) is 4.19. The topological polar surface area (TPSA) is 140 Å². The molecule has 136 valence electrons. The van der Waals surface area contributed by atoms with Gasteiger partial charge in [-0.15, -0.1) is 0 Å². The molecule has 0 amide bonds. The molecule has 2 aromatic carbocycles. The van der Waals surface area contributed by atoms with Gasteiger partial charge in [0.05, 0.1) is 34.8 Å². The second kappa shape index (κ2) is 8.10. The summed E-state index contributed by atoms with van der Waals surface area (Å²) < 4.78 is 6.11. The molecule has 0 spiro atoms. The van der Waals surface area contributed by atoms with Crippen molar-refractivity contribution in [2.45, 2.75) is 0 Å². The highest BCUT2D eigenvalue weighted by Gasteiger charge is 2.19. The molecule has 0 unspecified atom stereocenters. The molecule has 2 aromatic rings. The largest absolute Gasteiger partial charge is 0.504 e. The molecule has 12 heteroatoms. The van der Waals surface area contributed by atoms with Crippen LogP contribution in [0.25, 0.3) is 0 Å². The number of benzene rings is 2. The van der Waals surface area contributed by atoms with E-state index >= 15 is 0 Å². The third-order valence-corrected chi connectivity index (χ3v) is 5.19. The minimum Gasteiger partial charge on any atom is -0.504 e. The standard InChI is InChI=1S/C14H10Br2N4O6/c1-26-12-5-9(15)13(16)8(14(12)21)6-17-18-10-3-2-7(19(22)23)4-11(10)20(24)25/h2-6,18,21H,1H3/b17-6+. The molecule has 0 saturated carbocycles. The van der Waals surface area contributed by atoms with E-state index in [0.717, 1.165) is 12.1 Å². The predicted molar refractivity (Wildman–Crippen MR) is 101 cm³/mol. The summed E-state index contributed by atoms with van der Waals surface area (Å²) in [5, 5.41) is 35.8. The summed E-state index contributed by atoms with van der Waals surface area (Å²) in [5.74, 6) is 0.00849. The summed E-state index contributed by atoms with van der Waals surface area (Å²) >= 11 is 6.57. The van der Waals surface area contributed by atoms with Gasteiger partial charge in [0.15, 0.2) is 11.5 Å². The molecular weight excluding hydrogens is 480 g/mol. The lowest BCUT2D eigenvalue weighted by atomic mass is 10.2. The van der Waals surface area contributed by atoms with Gasteiger partial charge >= 0.3 is 5.69 Å². The molecule has 26 heavy (non-hydrogen) atoms. The Morgan fingerprint density at radius 3 is 2.50 bits per heavy atom. The zero-order valence-corrected chi connectivity index (χ0v) is 16.1. The smallest absolute Gasteiger partial charge is 0.301 e. The van der Waals surface area contributed by atoms with Crippen molar-refractivity contribution in [2.75, 3.05) is 12.5 Å². The molecule has 0 aliphatic rings. The Bertz CT molecular complexity index is 919. The number of methoxy groups -OCH3 is 1. The van der Waals surface area contributed by atoms with Crippen LogP contribution in [0.2, 0.25) is 0 Å².